The number of ether oxygens (including phenoxy) is 2. The first-order chi connectivity index (χ1) is 9.15. The van der Waals surface area contributed by atoms with E-state index in [1.54, 1.807) is 7.11 Å². The van der Waals surface area contributed by atoms with Gasteiger partial charge in [-0.1, -0.05) is 18.2 Å². The summed E-state index contributed by atoms with van der Waals surface area (Å²) >= 11 is 0. The molecule has 1 unspecified atom stereocenters. The minimum atomic E-state index is -1.01. The van der Waals surface area contributed by atoms with Gasteiger partial charge in [-0.25, -0.2) is 0 Å². The third-order valence-corrected chi connectivity index (χ3v) is 4.53. The number of hydrogen-bond donors (Lipinski definition) is 1. The summed E-state index contributed by atoms with van der Waals surface area (Å²) in [6.45, 7) is 0.463. The van der Waals surface area contributed by atoms with E-state index in [4.69, 9.17) is 9.47 Å². The molecule has 0 amide bonds. The molecule has 1 aliphatic heterocycles. The summed E-state index contributed by atoms with van der Waals surface area (Å²) < 4.78 is 10.9. The van der Waals surface area contributed by atoms with Crippen LogP contribution in [0.25, 0.3) is 0 Å². The standard InChI is InChI=1S/C15H17NO3/c1-18-11-8-15(17,9-11)14(10-16)6-7-19-13-5-3-2-4-12(13)14/h2-5,11,17H,6-9H2,1H3. The highest BCUT2D eigenvalue weighted by Gasteiger charge is 2.61. The number of fused-ring (bicyclic) bond motifs is 1. The lowest BCUT2D eigenvalue weighted by Gasteiger charge is -2.53. The molecule has 1 heterocycles. The average Bonchev–Trinajstić information content (AvgIpc) is 2.43. The van der Waals surface area contributed by atoms with Crippen molar-refractivity contribution in [1.82, 2.24) is 0 Å². The Morgan fingerprint density at radius 2 is 2.16 bits per heavy atom. The summed E-state index contributed by atoms with van der Waals surface area (Å²) in [4.78, 5) is 0. The number of nitrogens with zero attached hydrogens (tertiary/aromatic N) is 1. The van der Waals surface area contributed by atoms with Crippen LogP contribution in [0.1, 0.15) is 24.8 Å². The summed E-state index contributed by atoms with van der Waals surface area (Å²) in [5.41, 5.74) is -1.08. The van der Waals surface area contributed by atoms with E-state index in [1.165, 1.54) is 0 Å². The fourth-order valence-corrected chi connectivity index (χ4v) is 3.31. The van der Waals surface area contributed by atoms with Gasteiger partial charge in [0.15, 0.2) is 0 Å². The summed E-state index contributed by atoms with van der Waals surface area (Å²) in [6, 6.07) is 9.89. The van der Waals surface area contributed by atoms with Crippen LogP contribution < -0.4 is 4.74 Å². The van der Waals surface area contributed by atoms with Gasteiger partial charge in [-0.15, -0.1) is 0 Å². The first kappa shape index (κ1) is 12.5. The maximum atomic E-state index is 10.9. The van der Waals surface area contributed by atoms with Crippen LogP contribution in [0.5, 0.6) is 5.75 Å². The molecule has 1 N–H and O–H groups in total. The van der Waals surface area contributed by atoms with Crippen LogP contribution in [-0.4, -0.2) is 30.5 Å². The highest BCUT2D eigenvalue weighted by molar-refractivity contribution is 5.49. The fraction of sp³-hybridized carbons (Fsp3) is 0.533. The van der Waals surface area contributed by atoms with Crippen molar-refractivity contribution in [3.05, 3.63) is 29.8 Å². The van der Waals surface area contributed by atoms with Crippen molar-refractivity contribution in [2.24, 2.45) is 0 Å². The molecule has 0 spiro atoms. The Balaban J connectivity index is 2.05. The van der Waals surface area contributed by atoms with Crippen molar-refractivity contribution < 1.29 is 14.6 Å². The van der Waals surface area contributed by atoms with Crippen LogP contribution in [0.2, 0.25) is 0 Å². The van der Waals surface area contributed by atoms with Gasteiger partial charge in [0.2, 0.25) is 0 Å². The monoisotopic (exact) mass is 259 g/mol. The van der Waals surface area contributed by atoms with Gasteiger partial charge < -0.3 is 14.6 Å². The zero-order valence-electron chi connectivity index (χ0n) is 10.9. The molecule has 0 aromatic heterocycles. The SMILES string of the molecule is COC1CC(O)(C2(C#N)CCOc3ccccc32)C1. The van der Waals surface area contributed by atoms with Crippen LogP contribution in [0, 0.1) is 11.3 Å². The maximum absolute atomic E-state index is 10.9. The minimum absolute atomic E-state index is 0.0465. The molecule has 2 aliphatic rings. The van der Waals surface area contributed by atoms with Gasteiger partial charge >= 0.3 is 0 Å². The molecule has 19 heavy (non-hydrogen) atoms. The lowest BCUT2D eigenvalue weighted by atomic mass is 9.56. The van der Waals surface area contributed by atoms with Gasteiger partial charge in [0.1, 0.15) is 11.2 Å². The second kappa shape index (κ2) is 4.22. The van der Waals surface area contributed by atoms with Crippen molar-refractivity contribution in [3.8, 4) is 11.8 Å². The molecule has 3 rings (SSSR count). The van der Waals surface area contributed by atoms with Gasteiger partial charge in [-0.3, -0.25) is 0 Å². The van der Waals surface area contributed by atoms with Gasteiger partial charge in [-0.05, 0) is 6.07 Å². The highest BCUT2D eigenvalue weighted by Crippen LogP contribution is 2.53. The molecule has 0 saturated heterocycles. The highest BCUT2D eigenvalue weighted by atomic mass is 16.5. The van der Waals surface area contributed by atoms with Crippen LogP contribution in [0.15, 0.2) is 24.3 Å². The van der Waals surface area contributed by atoms with E-state index in [0.717, 1.165) is 5.56 Å². The Morgan fingerprint density at radius 3 is 2.84 bits per heavy atom. The van der Waals surface area contributed by atoms with E-state index in [-0.39, 0.29) is 6.10 Å². The van der Waals surface area contributed by atoms with E-state index in [0.29, 0.717) is 31.6 Å². The van der Waals surface area contributed by atoms with E-state index < -0.39 is 11.0 Å². The summed E-state index contributed by atoms with van der Waals surface area (Å²) in [5, 5.41) is 20.6. The molecule has 1 aliphatic carbocycles. The molecule has 100 valence electrons. The molecular formula is C15H17NO3. The number of para-hydroxylation sites is 1. The predicted octanol–water partition coefficient (Wildman–Crippen LogP) is 1.77. The van der Waals surface area contributed by atoms with Crippen molar-refractivity contribution in [3.63, 3.8) is 0 Å². The minimum Gasteiger partial charge on any atom is -0.493 e. The molecule has 1 atom stereocenters. The number of aliphatic hydroxyl groups is 1. The van der Waals surface area contributed by atoms with Gasteiger partial charge in [0.05, 0.1) is 24.4 Å². The maximum Gasteiger partial charge on any atom is 0.124 e. The largest absolute Gasteiger partial charge is 0.493 e. The normalized spacial score (nSPS) is 36.6. The van der Waals surface area contributed by atoms with Crippen molar-refractivity contribution in [1.29, 1.82) is 5.26 Å². The number of nitriles is 1. The number of hydrogen-bond acceptors (Lipinski definition) is 4. The third-order valence-electron chi connectivity index (χ3n) is 4.53. The van der Waals surface area contributed by atoms with Crippen LogP contribution in [0.4, 0.5) is 0 Å². The average molecular weight is 259 g/mol. The zero-order chi connectivity index (χ0) is 13.5. The number of rotatable bonds is 2. The lowest BCUT2D eigenvalue weighted by Crippen LogP contribution is -2.62. The molecule has 1 saturated carbocycles. The van der Waals surface area contributed by atoms with E-state index in [9.17, 15) is 10.4 Å². The van der Waals surface area contributed by atoms with E-state index in [2.05, 4.69) is 6.07 Å². The summed E-state index contributed by atoms with van der Waals surface area (Å²) in [7, 11) is 1.64. The van der Waals surface area contributed by atoms with Crippen LogP contribution >= 0.6 is 0 Å². The molecule has 4 nitrogen and oxygen atoms in total. The molecule has 1 aromatic rings. The molecule has 1 aromatic carbocycles. The first-order valence-electron chi connectivity index (χ1n) is 6.54. The van der Waals surface area contributed by atoms with Crippen LogP contribution in [-0.2, 0) is 10.2 Å². The second-order valence-electron chi connectivity index (χ2n) is 5.41. The Bertz CT molecular complexity index is 530. The number of benzene rings is 1. The topological polar surface area (TPSA) is 62.5 Å². The zero-order valence-corrected chi connectivity index (χ0v) is 10.9. The van der Waals surface area contributed by atoms with E-state index >= 15 is 0 Å². The molecular weight excluding hydrogens is 242 g/mol. The van der Waals surface area contributed by atoms with Gasteiger partial charge in [-0.2, -0.15) is 5.26 Å². The summed E-state index contributed by atoms with van der Waals surface area (Å²) in [5.74, 6) is 0.713. The Kier molecular flexibility index (Phi) is 2.77. The number of methoxy groups -OCH3 is 1. The smallest absolute Gasteiger partial charge is 0.124 e. The van der Waals surface area contributed by atoms with E-state index in [1.807, 2.05) is 24.3 Å². The van der Waals surface area contributed by atoms with Crippen LogP contribution in [0.3, 0.4) is 0 Å². The van der Waals surface area contributed by atoms with Crippen molar-refractivity contribution in [2.45, 2.75) is 36.4 Å². The summed E-state index contributed by atoms with van der Waals surface area (Å²) in [6.07, 6.45) is 1.58. The van der Waals surface area contributed by atoms with Gasteiger partial charge in [0, 0.05) is 31.9 Å². The Labute approximate surface area is 112 Å². The molecule has 0 bridgehead atoms. The third kappa shape index (κ3) is 1.59. The fourth-order valence-electron chi connectivity index (χ4n) is 3.31. The Morgan fingerprint density at radius 1 is 1.42 bits per heavy atom. The van der Waals surface area contributed by atoms with Crippen molar-refractivity contribution >= 4 is 0 Å². The molecule has 4 heteroatoms. The van der Waals surface area contributed by atoms with Crippen molar-refractivity contribution in [2.75, 3.05) is 13.7 Å². The quantitative estimate of drug-likeness (QED) is 0.879. The second-order valence-corrected chi connectivity index (χ2v) is 5.41. The molecule has 0 radical (unpaired) electrons. The van der Waals surface area contributed by atoms with Gasteiger partial charge in [0.25, 0.3) is 0 Å². The predicted molar refractivity (Wildman–Crippen MR) is 68.8 cm³/mol. The Hall–Kier alpha value is -1.57. The molecule has 1 fully saturated rings. The first-order valence-corrected chi connectivity index (χ1v) is 6.54. The lowest BCUT2D eigenvalue weighted by molar-refractivity contribution is -0.163.